The summed E-state index contributed by atoms with van der Waals surface area (Å²) in [4.78, 5) is 16.3. The van der Waals surface area contributed by atoms with E-state index in [4.69, 9.17) is 4.74 Å². The van der Waals surface area contributed by atoms with Crippen LogP contribution in [0.4, 0.5) is 4.39 Å². The van der Waals surface area contributed by atoms with Crippen LogP contribution in [0.2, 0.25) is 0 Å². The van der Waals surface area contributed by atoms with Crippen LogP contribution in [-0.4, -0.2) is 30.6 Å². The largest absolute Gasteiger partial charge is 0.381 e. The molecule has 4 nitrogen and oxygen atoms in total. The molecule has 1 atom stereocenters. The van der Waals surface area contributed by atoms with Crippen molar-refractivity contribution in [1.29, 1.82) is 0 Å². The number of nitrogens with zero attached hydrogens (tertiary/aromatic N) is 1. The van der Waals surface area contributed by atoms with Crippen LogP contribution < -0.4 is 5.32 Å². The van der Waals surface area contributed by atoms with Crippen molar-refractivity contribution in [3.63, 3.8) is 0 Å². The van der Waals surface area contributed by atoms with Gasteiger partial charge in [0.15, 0.2) is 0 Å². The Balaban J connectivity index is 1.55. The van der Waals surface area contributed by atoms with Gasteiger partial charge in [0.25, 0.3) is 0 Å². The molecule has 1 aliphatic heterocycles. The van der Waals surface area contributed by atoms with Gasteiger partial charge in [0.1, 0.15) is 10.8 Å². The molecule has 116 valence electrons. The normalized spacial score (nSPS) is 17.6. The molecule has 1 unspecified atom stereocenters. The van der Waals surface area contributed by atoms with Gasteiger partial charge in [0, 0.05) is 30.0 Å². The lowest BCUT2D eigenvalue weighted by atomic mass is 10.1. The van der Waals surface area contributed by atoms with Crippen molar-refractivity contribution in [1.82, 2.24) is 10.3 Å². The molecule has 1 fully saturated rings. The molecule has 0 aliphatic carbocycles. The van der Waals surface area contributed by atoms with E-state index in [-0.39, 0.29) is 18.1 Å². The summed E-state index contributed by atoms with van der Waals surface area (Å²) in [5, 5.41) is 5.49. The quantitative estimate of drug-likeness (QED) is 0.921. The van der Waals surface area contributed by atoms with Gasteiger partial charge in [0.05, 0.1) is 18.7 Å². The fourth-order valence-electron chi connectivity index (χ4n) is 2.37. The van der Waals surface area contributed by atoms with Crippen LogP contribution >= 0.6 is 11.3 Å². The molecule has 0 saturated carbocycles. The second-order valence-corrected chi connectivity index (χ2v) is 6.22. The SMILES string of the molecule is O=C(Cc1csc(-c2cccc(F)c2)n1)NCC1CCOC1. The highest BCUT2D eigenvalue weighted by Crippen LogP contribution is 2.24. The molecule has 3 rings (SSSR count). The standard InChI is InChI=1S/C16H17FN2O2S/c17-13-3-1-2-12(6-13)16-19-14(10-22-16)7-15(20)18-8-11-4-5-21-9-11/h1-3,6,10-11H,4-5,7-9H2,(H,18,20). The molecular formula is C16H17FN2O2S. The summed E-state index contributed by atoms with van der Waals surface area (Å²) in [5.41, 5.74) is 1.45. The second kappa shape index (κ2) is 6.98. The molecule has 1 aromatic heterocycles. The van der Waals surface area contributed by atoms with Crippen LogP contribution in [0.3, 0.4) is 0 Å². The van der Waals surface area contributed by atoms with Crippen LogP contribution in [0.15, 0.2) is 29.6 Å². The van der Waals surface area contributed by atoms with E-state index in [0.717, 1.165) is 30.2 Å². The van der Waals surface area contributed by atoms with Crippen LogP contribution in [0.5, 0.6) is 0 Å². The van der Waals surface area contributed by atoms with Crippen molar-refractivity contribution < 1.29 is 13.9 Å². The number of ether oxygens (including phenoxy) is 1. The molecule has 0 spiro atoms. The first-order chi connectivity index (χ1) is 10.7. The Bertz CT molecular complexity index is 653. The molecule has 1 amide bonds. The van der Waals surface area contributed by atoms with Crippen LogP contribution in [0.1, 0.15) is 12.1 Å². The molecule has 2 aromatic rings. The Morgan fingerprint density at radius 3 is 3.18 bits per heavy atom. The molecule has 6 heteroatoms. The van der Waals surface area contributed by atoms with E-state index < -0.39 is 0 Å². The Kier molecular flexibility index (Phi) is 4.80. The molecule has 1 N–H and O–H groups in total. The molecular weight excluding hydrogens is 303 g/mol. The Morgan fingerprint density at radius 2 is 2.41 bits per heavy atom. The van der Waals surface area contributed by atoms with Gasteiger partial charge in [-0.3, -0.25) is 4.79 Å². The van der Waals surface area contributed by atoms with E-state index in [1.807, 2.05) is 11.4 Å². The van der Waals surface area contributed by atoms with Gasteiger partial charge in [-0.15, -0.1) is 11.3 Å². The molecule has 1 saturated heterocycles. The summed E-state index contributed by atoms with van der Waals surface area (Å²) >= 11 is 1.42. The molecule has 22 heavy (non-hydrogen) atoms. The third-order valence-electron chi connectivity index (χ3n) is 3.58. The summed E-state index contributed by atoms with van der Waals surface area (Å²) in [6, 6.07) is 6.31. The number of thiazole rings is 1. The monoisotopic (exact) mass is 320 g/mol. The predicted molar refractivity (Wildman–Crippen MR) is 83.1 cm³/mol. The predicted octanol–water partition coefficient (Wildman–Crippen LogP) is 2.64. The van der Waals surface area contributed by atoms with Crippen molar-refractivity contribution in [2.24, 2.45) is 5.92 Å². The highest BCUT2D eigenvalue weighted by molar-refractivity contribution is 7.13. The van der Waals surface area contributed by atoms with Gasteiger partial charge in [-0.25, -0.2) is 9.37 Å². The maximum Gasteiger partial charge on any atom is 0.226 e. The first kappa shape index (κ1) is 15.1. The fraction of sp³-hybridized carbons (Fsp3) is 0.375. The van der Waals surface area contributed by atoms with Gasteiger partial charge in [-0.05, 0) is 18.6 Å². The lowest BCUT2D eigenvalue weighted by Gasteiger charge is -2.08. The number of benzene rings is 1. The zero-order valence-corrected chi connectivity index (χ0v) is 12.9. The first-order valence-electron chi connectivity index (χ1n) is 7.25. The number of hydrogen-bond acceptors (Lipinski definition) is 4. The molecule has 2 heterocycles. The first-order valence-corrected chi connectivity index (χ1v) is 8.13. The lowest BCUT2D eigenvalue weighted by Crippen LogP contribution is -2.30. The average molecular weight is 320 g/mol. The summed E-state index contributed by atoms with van der Waals surface area (Å²) < 4.78 is 18.5. The van der Waals surface area contributed by atoms with Gasteiger partial charge in [-0.2, -0.15) is 0 Å². The van der Waals surface area contributed by atoms with Crippen molar-refractivity contribution in [3.05, 3.63) is 41.2 Å². The Labute approximate surface area is 132 Å². The van der Waals surface area contributed by atoms with Crippen molar-refractivity contribution in [3.8, 4) is 10.6 Å². The zero-order valence-electron chi connectivity index (χ0n) is 12.0. The van der Waals surface area contributed by atoms with Gasteiger partial charge < -0.3 is 10.1 Å². The highest BCUT2D eigenvalue weighted by atomic mass is 32.1. The third kappa shape index (κ3) is 3.90. The number of nitrogens with one attached hydrogen (secondary N) is 1. The minimum atomic E-state index is -0.286. The van der Waals surface area contributed by atoms with E-state index in [0.29, 0.717) is 18.2 Å². The number of rotatable bonds is 5. The van der Waals surface area contributed by atoms with Crippen LogP contribution in [0, 0.1) is 11.7 Å². The summed E-state index contributed by atoms with van der Waals surface area (Å²) in [6.07, 6.45) is 1.25. The number of hydrogen-bond donors (Lipinski definition) is 1. The number of carbonyl (C=O) groups excluding carboxylic acids is 1. The molecule has 1 aliphatic rings. The minimum Gasteiger partial charge on any atom is -0.381 e. The average Bonchev–Trinajstić information content (AvgIpc) is 3.16. The summed E-state index contributed by atoms with van der Waals surface area (Å²) in [5.74, 6) is 0.0935. The van der Waals surface area contributed by atoms with Gasteiger partial charge >= 0.3 is 0 Å². The maximum atomic E-state index is 13.2. The van der Waals surface area contributed by atoms with Crippen molar-refractivity contribution >= 4 is 17.2 Å². The van der Waals surface area contributed by atoms with E-state index in [1.54, 1.807) is 6.07 Å². The molecule has 0 bridgehead atoms. The van der Waals surface area contributed by atoms with Crippen molar-refractivity contribution in [2.75, 3.05) is 19.8 Å². The molecule has 1 aromatic carbocycles. The Morgan fingerprint density at radius 1 is 1.50 bits per heavy atom. The number of amides is 1. The fourth-order valence-corrected chi connectivity index (χ4v) is 3.19. The third-order valence-corrected chi connectivity index (χ3v) is 4.52. The van der Waals surface area contributed by atoms with Gasteiger partial charge in [-0.1, -0.05) is 12.1 Å². The smallest absolute Gasteiger partial charge is 0.226 e. The number of carbonyl (C=O) groups is 1. The summed E-state index contributed by atoms with van der Waals surface area (Å²) in [6.45, 7) is 2.16. The maximum absolute atomic E-state index is 13.2. The number of aromatic nitrogens is 1. The molecule has 0 radical (unpaired) electrons. The van der Waals surface area contributed by atoms with Gasteiger partial charge in [0.2, 0.25) is 5.91 Å². The minimum absolute atomic E-state index is 0.0389. The zero-order chi connectivity index (χ0) is 15.4. The van der Waals surface area contributed by atoms with Crippen LogP contribution in [0.25, 0.3) is 10.6 Å². The Hall–Kier alpha value is -1.79. The summed E-state index contributed by atoms with van der Waals surface area (Å²) in [7, 11) is 0. The number of halogens is 1. The lowest BCUT2D eigenvalue weighted by molar-refractivity contribution is -0.120. The topological polar surface area (TPSA) is 51.2 Å². The van der Waals surface area contributed by atoms with Crippen LogP contribution in [-0.2, 0) is 16.0 Å². The van der Waals surface area contributed by atoms with E-state index in [2.05, 4.69) is 10.3 Å². The highest BCUT2D eigenvalue weighted by Gasteiger charge is 2.17. The van der Waals surface area contributed by atoms with Crippen molar-refractivity contribution in [2.45, 2.75) is 12.8 Å². The van der Waals surface area contributed by atoms with E-state index in [1.165, 1.54) is 23.5 Å². The second-order valence-electron chi connectivity index (χ2n) is 5.36. The van der Waals surface area contributed by atoms with E-state index >= 15 is 0 Å². The van der Waals surface area contributed by atoms with E-state index in [9.17, 15) is 9.18 Å².